The fraction of sp³-hybridized carbons (Fsp3) is 0.105. The maximum Gasteiger partial charge on any atom is 0.281 e. The Bertz CT molecular complexity index is 938. The molecule has 1 saturated heterocycles. The summed E-state index contributed by atoms with van der Waals surface area (Å²) in [5.41, 5.74) is 3.25. The Labute approximate surface area is 161 Å². The van der Waals surface area contributed by atoms with Crippen molar-refractivity contribution < 1.29 is 9.59 Å². The fourth-order valence-electron chi connectivity index (χ4n) is 2.67. The number of halogens is 1. The van der Waals surface area contributed by atoms with E-state index in [-0.39, 0.29) is 11.8 Å². The highest BCUT2D eigenvalue weighted by molar-refractivity contribution is 7.80. The molecule has 2 N–H and O–H groups in total. The molecular formula is C19H16ClN3O2S. The number of amides is 2. The van der Waals surface area contributed by atoms with E-state index < -0.39 is 0 Å². The lowest BCUT2D eigenvalue weighted by Gasteiger charge is -2.16. The molecule has 0 radical (unpaired) electrons. The molecule has 1 aliphatic rings. The molecule has 0 atom stereocenters. The smallest absolute Gasteiger partial charge is 0.281 e. The van der Waals surface area contributed by atoms with E-state index in [0.717, 1.165) is 11.1 Å². The second-order valence-corrected chi connectivity index (χ2v) is 6.58. The standard InChI is InChI=1S/C19H16ClN3O2S/c1-11-9-14(20)7-8-16(11)23-18(25)15(22-19(23)26)10-12-3-5-13(6-4-12)17(24)21-2/h3-10H,1-2H3,(H,21,24)(H,22,26)/b15-10-. The molecular weight excluding hydrogens is 370 g/mol. The number of hydrogen-bond acceptors (Lipinski definition) is 3. The molecule has 2 aromatic carbocycles. The minimum absolute atomic E-state index is 0.162. The van der Waals surface area contributed by atoms with Gasteiger partial charge in [0, 0.05) is 17.6 Å². The van der Waals surface area contributed by atoms with Gasteiger partial charge in [0.1, 0.15) is 5.70 Å². The second-order valence-electron chi connectivity index (χ2n) is 5.76. The minimum Gasteiger partial charge on any atom is -0.355 e. The predicted molar refractivity (Wildman–Crippen MR) is 107 cm³/mol. The third-order valence-corrected chi connectivity index (χ3v) is 4.51. The van der Waals surface area contributed by atoms with Crippen LogP contribution in [-0.2, 0) is 4.79 Å². The van der Waals surface area contributed by atoms with Crippen LogP contribution in [-0.4, -0.2) is 24.0 Å². The summed E-state index contributed by atoms with van der Waals surface area (Å²) in [6, 6.07) is 12.2. The van der Waals surface area contributed by atoms with Crippen LogP contribution >= 0.6 is 23.8 Å². The monoisotopic (exact) mass is 385 g/mol. The molecule has 0 aliphatic carbocycles. The first-order chi connectivity index (χ1) is 12.4. The van der Waals surface area contributed by atoms with Gasteiger partial charge in [-0.25, -0.2) is 0 Å². The van der Waals surface area contributed by atoms with E-state index in [0.29, 0.717) is 27.1 Å². The number of anilines is 1. The van der Waals surface area contributed by atoms with Gasteiger partial charge < -0.3 is 10.6 Å². The Hall–Kier alpha value is -2.70. The van der Waals surface area contributed by atoms with Crippen LogP contribution < -0.4 is 15.5 Å². The molecule has 26 heavy (non-hydrogen) atoms. The fourth-order valence-corrected chi connectivity index (χ4v) is 3.18. The minimum atomic E-state index is -0.240. The third kappa shape index (κ3) is 3.47. The normalized spacial score (nSPS) is 15.3. The molecule has 7 heteroatoms. The molecule has 1 fully saturated rings. The first kappa shape index (κ1) is 18.1. The Morgan fingerprint density at radius 1 is 1.23 bits per heavy atom. The lowest BCUT2D eigenvalue weighted by molar-refractivity contribution is -0.113. The van der Waals surface area contributed by atoms with Crippen molar-refractivity contribution in [2.45, 2.75) is 6.92 Å². The van der Waals surface area contributed by atoms with E-state index in [1.54, 1.807) is 55.6 Å². The number of rotatable bonds is 3. The van der Waals surface area contributed by atoms with Crippen molar-refractivity contribution in [2.24, 2.45) is 0 Å². The summed E-state index contributed by atoms with van der Waals surface area (Å²) in [7, 11) is 1.58. The number of carbonyl (C=O) groups excluding carboxylic acids is 2. The van der Waals surface area contributed by atoms with Gasteiger partial charge in [-0.15, -0.1) is 0 Å². The SMILES string of the molecule is CNC(=O)c1ccc(/C=C2\NC(=S)N(c3ccc(Cl)cc3C)C2=O)cc1. The van der Waals surface area contributed by atoms with Crippen molar-refractivity contribution in [3.8, 4) is 0 Å². The molecule has 5 nitrogen and oxygen atoms in total. The number of aryl methyl sites for hydroxylation is 1. The van der Waals surface area contributed by atoms with Crippen LogP contribution in [0.5, 0.6) is 0 Å². The van der Waals surface area contributed by atoms with Crippen LogP contribution in [0.15, 0.2) is 48.2 Å². The Morgan fingerprint density at radius 3 is 2.54 bits per heavy atom. The molecule has 2 aromatic rings. The van der Waals surface area contributed by atoms with Crippen molar-refractivity contribution >= 4 is 52.5 Å². The number of nitrogens with one attached hydrogen (secondary N) is 2. The maximum absolute atomic E-state index is 12.8. The van der Waals surface area contributed by atoms with Gasteiger partial charge in [0.25, 0.3) is 11.8 Å². The van der Waals surface area contributed by atoms with E-state index in [2.05, 4.69) is 10.6 Å². The van der Waals surface area contributed by atoms with Crippen LogP contribution in [0.25, 0.3) is 6.08 Å². The highest BCUT2D eigenvalue weighted by Crippen LogP contribution is 2.28. The maximum atomic E-state index is 12.8. The Kier molecular flexibility index (Phi) is 5.06. The molecule has 1 heterocycles. The number of hydrogen-bond donors (Lipinski definition) is 2. The van der Waals surface area contributed by atoms with Crippen molar-refractivity contribution in [3.63, 3.8) is 0 Å². The lowest BCUT2D eigenvalue weighted by atomic mass is 10.1. The summed E-state index contributed by atoms with van der Waals surface area (Å²) in [6.07, 6.45) is 1.70. The van der Waals surface area contributed by atoms with Crippen LogP contribution in [0.1, 0.15) is 21.5 Å². The number of thiocarbonyl (C=S) groups is 1. The van der Waals surface area contributed by atoms with Crippen LogP contribution in [0.4, 0.5) is 5.69 Å². The van der Waals surface area contributed by atoms with Gasteiger partial charge in [-0.05, 0) is 66.7 Å². The summed E-state index contributed by atoms with van der Waals surface area (Å²) in [4.78, 5) is 25.8. The molecule has 0 bridgehead atoms. The van der Waals surface area contributed by atoms with Gasteiger partial charge in [0.15, 0.2) is 5.11 Å². The summed E-state index contributed by atoms with van der Waals surface area (Å²) in [5, 5.41) is 6.43. The number of benzene rings is 2. The zero-order valence-corrected chi connectivity index (χ0v) is 15.7. The quantitative estimate of drug-likeness (QED) is 0.628. The summed E-state index contributed by atoms with van der Waals surface area (Å²) >= 11 is 11.3. The van der Waals surface area contributed by atoms with Crippen molar-refractivity contribution in [1.29, 1.82) is 0 Å². The lowest BCUT2D eigenvalue weighted by Crippen LogP contribution is -2.30. The summed E-state index contributed by atoms with van der Waals surface area (Å²) in [6.45, 7) is 1.87. The van der Waals surface area contributed by atoms with Gasteiger partial charge >= 0.3 is 0 Å². The first-order valence-corrected chi connectivity index (χ1v) is 8.65. The second kappa shape index (κ2) is 7.27. The topological polar surface area (TPSA) is 61.4 Å². The molecule has 0 saturated carbocycles. The van der Waals surface area contributed by atoms with E-state index in [9.17, 15) is 9.59 Å². The van der Waals surface area contributed by atoms with Gasteiger partial charge in [-0.2, -0.15) is 0 Å². The Morgan fingerprint density at radius 2 is 1.92 bits per heavy atom. The number of nitrogens with zero attached hydrogens (tertiary/aromatic N) is 1. The molecule has 0 spiro atoms. The molecule has 1 aliphatic heterocycles. The first-order valence-electron chi connectivity index (χ1n) is 7.86. The highest BCUT2D eigenvalue weighted by atomic mass is 35.5. The van der Waals surface area contributed by atoms with Crippen molar-refractivity contribution in [2.75, 3.05) is 11.9 Å². The van der Waals surface area contributed by atoms with Gasteiger partial charge in [0.2, 0.25) is 0 Å². The summed E-state index contributed by atoms with van der Waals surface area (Å²) in [5.74, 6) is -0.402. The Balaban J connectivity index is 1.88. The van der Waals surface area contributed by atoms with Gasteiger partial charge in [0.05, 0.1) is 5.69 Å². The molecule has 132 valence electrons. The van der Waals surface area contributed by atoms with Crippen molar-refractivity contribution in [3.05, 3.63) is 69.9 Å². The van der Waals surface area contributed by atoms with E-state index in [1.165, 1.54) is 4.90 Å². The number of carbonyl (C=O) groups is 2. The molecule has 2 amide bonds. The zero-order chi connectivity index (χ0) is 18.8. The highest BCUT2D eigenvalue weighted by Gasteiger charge is 2.32. The van der Waals surface area contributed by atoms with Gasteiger partial charge in [-0.1, -0.05) is 23.7 Å². The predicted octanol–water partition coefficient (Wildman–Crippen LogP) is 3.27. The van der Waals surface area contributed by atoms with E-state index in [1.807, 2.05) is 6.92 Å². The third-order valence-electron chi connectivity index (χ3n) is 3.99. The molecule has 3 rings (SSSR count). The average Bonchev–Trinajstić information content (AvgIpc) is 2.89. The average molecular weight is 386 g/mol. The summed E-state index contributed by atoms with van der Waals surface area (Å²) < 4.78 is 0. The zero-order valence-electron chi connectivity index (χ0n) is 14.2. The van der Waals surface area contributed by atoms with Crippen molar-refractivity contribution in [1.82, 2.24) is 10.6 Å². The van der Waals surface area contributed by atoms with E-state index >= 15 is 0 Å². The molecule has 0 unspecified atom stereocenters. The van der Waals surface area contributed by atoms with Crippen LogP contribution in [0.2, 0.25) is 5.02 Å². The van der Waals surface area contributed by atoms with Gasteiger partial charge in [-0.3, -0.25) is 14.5 Å². The van der Waals surface area contributed by atoms with Crippen LogP contribution in [0.3, 0.4) is 0 Å². The largest absolute Gasteiger partial charge is 0.355 e. The molecule has 0 aromatic heterocycles. The van der Waals surface area contributed by atoms with Crippen LogP contribution in [0, 0.1) is 6.92 Å². The van der Waals surface area contributed by atoms with E-state index in [4.69, 9.17) is 23.8 Å².